The molecule has 0 aliphatic carbocycles. The van der Waals surface area contributed by atoms with Gasteiger partial charge in [-0.25, -0.2) is 9.18 Å². The standard InChI is InChI=1S/C14H9FO4S2/c15-8-1-3-9(4-2-8)21-14-10(5-6-20-14)11(16)7-12(17)13(18)19/h1-6H,7H2,(H,18,19). The van der Waals surface area contributed by atoms with Crippen molar-refractivity contribution < 1.29 is 23.9 Å². The van der Waals surface area contributed by atoms with Gasteiger partial charge >= 0.3 is 5.97 Å². The molecule has 4 nitrogen and oxygen atoms in total. The monoisotopic (exact) mass is 324 g/mol. The minimum atomic E-state index is -1.62. The van der Waals surface area contributed by atoms with Crippen LogP contribution in [0.5, 0.6) is 0 Å². The Bertz CT molecular complexity index is 691. The first-order valence-electron chi connectivity index (χ1n) is 5.77. The summed E-state index contributed by atoms with van der Waals surface area (Å²) in [5.74, 6) is -3.64. The lowest BCUT2D eigenvalue weighted by atomic mass is 10.1. The van der Waals surface area contributed by atoms with Gasteiger partial charge in [-0.1, -0.05) is 11.8 Å². The van der Waals surface area contributed by atoms with Crippen LogP contribution >= 0.6 is 23.1 Å². The maximum atomic E-state index is 12.8. The van der Waals surface area contributed by atoms with Crippen LogP contribution in [0.3, 0.4) is 0 Å². The number of carboxylic acid groups (broad SMARTS) is 1. The maximum absolute atomic E-state index is 12.8. The van der Waals surface area contributed by atoms with Gasteiger partial charge in [-0.05, 0) is 35.7 Å². The number of halogens is 1. The van der Waals surface area contributed by atoms with Crippen molar-refractivity contribution in [3.8, 4) is 0 Å². The number of aliphatic carboxylic acids is 1. The van der Waals surface area contributed by atoms with E-state index < -0.39 is 24.0 Å². The van der Waals surface area contributed by atoms with Crippen molar-refractivity contribution >= 4 is 40.6 Å². The first kappa shape index (κ1) is 15.4. The number of carbonyl (C=O) groups is 3. The Morgan fingerprint density at radius 2 is 1.81 bits per heavy atom. The van der Waals surface area contributed by atoms with Gasteiger partial charge in [-0.3, -0.25) is 9.59 Å². The van der Waals surface area contributed by atoms with Crippen molar-refractivity contribution in [1.82, 2.24) is 0 Å². The van der Waals surface area contributed by atoms with E-state index in [9.17, 15) is 18.8 Å². The van der Waals surface area contributed by atoms with E-state index in [1.807, 2.05) is 0 Å². The fourth-order valence-corrected chi connectivity index (χ4v) is 3.57. The van der Waals surface area contributed by atoms with Gasteiger partial charge in [0, 0.05) is 10.5 Å². The van der Waals surface area contributed by atoms with Gasteiger partial charge in [0.2, 0.25) is 5.78 Å². The number of ketones is 2. The van der Waals surface area contributed by atoms with E-state index in [2.05, 4.69) is 0 Å². The molecule has 1 N–H and O–H groups in total. The third kappa shape index (κ3) is 3.99. The molecule has 0 aliphatic heterocycles. The summed E-state index contributed by atoms with van der Waals surface area (Å²) in [4.78, 5) is 34.2. The lowest BCUT2D eigenvalue weighted by Crippen LogP contribution is -2.17. The summed E-state index contributed by atoms with van der Waals surface area (Å²) in [6.45, 7) is 0. The van der Waals surface area contributed by atoms with Crippen molar-refractivity contribution in [2.24, 2.45) is 0 Å². The summed E-state index contributed by atoms with van der Waals surface area (Å²) >= 11 is 2.57. The largest absolute Gasteiger partial charge is 0.475 e. The number of benzene rings is 1. The van der Waals surface area contributed by atoms with Crippen molar-refractivity contribution in [2.45, 2.75) is 15.5 Å². The van der Waals surface area contributed by atoms with Crippen LogP contribution in [0.25, 0.3) is 0 Å². The van der Waals surface area contributed by atoms with Gasteiger partial charge in [-0.2, -0.15) is 0 Å². The SMILES string of the molecule is O=C(O)C(=O)CC(=O)c1ccsc1Sc1ccc(F)cc1. The molecule has 0 spiro atoms. The topological polar surface area (TPSA) is 71.4 Å². The lowest BCUT2D eigenvalue weighted by molar-refractivity contribution is -0.148. The zero-order valence-corrected chi connectivity index (χ0v) is 12.2. The highest BCUT2D eigenvalue weighted by atomic mass is 32.2. The average Bonchev–Trinajstić information content (AvgIpc) is 2.89. The fourth-order valence-electron chi connectivity index (χ4n) is 1.51. The molecule has 0 saturated carbocycles. The average molecular weight is 324 g/mol. The van der Waals surface area contributed by atoms with Crippen LogP contribution in [0.15, 0.2) is 44.8 Å². The number of carboxylic acids is 1. The summed E-state index contributed by atoms with van der Waals surface area (Å²) < 4.78 is 13.5. The highest BCUT2D eigenvalue weighted by Gasteiger charge is 2.21. The lowest BCUT2D eigenvalue weighted by Gasteiger charge is -2.02. The number of carbonyl (C=O) groups excluding carboxylic acids is 2. The van der Waals surface area contributed by atoms with Gasteiger partial charge in [0.05, 0.1) is 10.6 Å². The van der Waals surface area contributed by atoms with Crippen LogP contribution in [0.4, 0.5) is 4.39 Å². The highest BCUT2D eigenvalue weighted by Crippen LogP contribution is 2.35. The third-order valence-corrected chi connectivity index (χ3v) is 4.67. The first-order chi connectivity index (χ1) is 9.97. The first-order valence-corrected chi connectivity index (χ1v) is 7.47. The van der Waals surface area contributed by atoms with E-state index in [-0.39, 0.29) is 5.82 Å². The Labute approximate surface area is 127 Å². The van der Waals surface area contributed by atoms with Crippen LogP contribution in [-0.2, 0) is 9.59 Å². The molecule has 1 aromatic heterocycles. The molecule has 0 radical (unpaired) electrons. The number of hydrogen-bond acceptors (Lipinski definition) is 5. The molecule has 0 aliphatic rings. The predicted octanol–water partition coefficient (Wildman–Crippen LogP) is 3.26. The molecule has 0 unspecified atom stereocenters. The molecule has 0 saturated heterocycles. The number of thiophene rings is 1. The predicted molar refractivity (Wildman–Crippen MR) is 76.4 cm³/mol. The fraction of sp³-hybridized carbons (Fsp3) is 0.0714. The molecular formula is C14H9FO4S2. The maximum Gasteiger partial charge on any atom is 0.372 e. The summed E-state index contributed by atoms with van der Waals surface area (Å²) in [5.41, 5.74) is 0.309. The molecule has 21 heavy (non-hydrogen) atoms. The van der Waals surface area contributed by atoms with E-state index in [1.165, 1.54) is 35.2 Å². The zero-order chi connectivity index (χ0) is 15.4. The smallest absolute Gasteiger partial charge is 0.372 e. The van der Waals surface area contributed by atoms with Crippen molar-refractivity contribution in [2.75, 3.05) is 0 Å². The Morgan fingerprint density at radius 1 is 1.14 bits per heavy atom. The Kier molecular flexibility index (Phi) is 4.87. The van der Waals surface area contributed by atoms with E-state index in [0.717, 1.165) is 4.90 Å². The van der Waals surface area contributed by atoms with Gasteiger partial charge in [0.25, 0.3) is 0 Å². The van der Waals surface area contributed by atoms with E-state index >= 15 is 0 Å². The molecule has 0 fully saturated rings. The molecule has 7 heteroatoms. The Balaban J connectivity index is 2.14. The zero-order valence-electron chi connectivity index (χ0n) is 10.5. The van der Waals surface area contributed by atoms with Crippen LogP contribution in [0.2, 0.25) is 0 Å². The minimum absolute atomic E-state index is 0.309. The summed E-state index contributed by atoms with van der Waals surface area (Å²) in [6, 6.07) is 7.33. The molecule has 0 bridgehead atoms. The van der Waals surface area contributed by atoms with Crippen molar-refractivity contribution in [1.29, 1.82) is 0 Å². The molecular weight excluding hydrogens is 315 g/mol. The summed E-state index contributed by atoms with van der Waals surface area (Å²) in [7, 11) is 0. The third-order valence-electron chi connectivity index (χ3n) is 2.51. The van der Waals surface area contributed by atoms with E-state index in [0.29, 0.717) is 9.77 Å². The second-order valence-electron chi connectivity index (χ2n) is 4.01. The second-order valence-corrected chi connectivity index (χ2v) is 6.26. The van der Waals surface area contributed by atoms with Gasteiger partial charge < -0.3 is 5.11 Å². The normalized spacial score (nSPS) is 10.3. The number of Topliss-reactive ketones (excluding diaryl/α,β-unsaturated/α-hetero) is 2. The molecule has 2 aromatic rings. The van der Waals surface area contributed by atoms with E-state index in [4.69, 9.17) is 5.11 Å². The Morgan fingerprint density at radius 3 is 2.43 bits per heavy atom. The second kappa shape index (κ2) is 6.64. The molecule has 108 valence electrons. The molecule has 1 heterocycles. The molecule has 1 aromatic carbocycles. The van der Waals surface area contributed by atoms with Crippen LogP contribution in [0, 0.1) is 5.82 Å². The van der Waals surface area contributed by atoms with Crippen molar-refractivity contribution in [3.63, 3.8) is 0 Å². The number of hydrogen-bond donors (Lipinski definition) is 1. The van der Waals surface area contributed by atoms with Gasteiger partial charge in [-0.15, -0.1) is 11.3 Å². The highest BCUT2D eigenvalue weighted by molar-refractivity contribution is 8.01. The van der Waals surface area contributed by atoms with Gasteiger partial charge in [0.15, 0.2) is 5.78 Å². The van der Waals surface area contributed by atoms with E-state index in [1.54, 1.807) is 23.6 Å². The summed E-state index contributed by atoms with van der Waals surface area (Å²) in [5, 5.41) is 10.2. The van der Waals surface area contributed by atoms with Crippen LogP contribution in [0.1, 0.15) is 16.8 Å². The molecule has 2 rings (SSSR count). The molecule has 0 amide bonds. The minimum Gasteiger partial charge on any atom is -0.475 e. The Hall–Kier alpha value is -1.99. The van der Waals surface area contributed by atoms with Crippen LogP contribution < -0.4 is 0 Å². The van der Waals surface area contributed by atoms with Crippen molar-refractivity contribution in [3.05, 3.63) is 47.1 Å². The number of rotatable bonds is 6. The quantitative estimate of drug-likeness (QED) is 0.502. The van der Waals surface area contributed by atoms with Gasteiger partial charge in [0.1, 0.15) is 5.82 Å². The van der Waals surface area contributed by atoms with Crippen LogP contribution in [-0.4, -0.2) is 22.6 Å². The summed E-state index contributed by atoms with van der Waals surface area (Å²) in [6.07, 6.45) is -0.664. The molecule has 0 atom stereocenters.